The molecule has 6 nitrogen and oxygen atoms in total. The number of nitro groups is 1. The predicted molar refractivity (Wildman–Crippen MR) is 90.6 cm³/mol. The molecule has 0 aliphatic carbocycles. The minimum atomic E-state index is -2.02. The van der Waals surface area contributed by atoms with E-state index in [0.717, 1.165) is 5.56 Å². The molecule has 1 aliphatic heterocycles. The summed E-state index contributed by atoms with van der Waals surface area (Å²) >= 11 is 0. The lowest BCUT2D eigenvalue weighted by Crippen LogP contribution is -2.48. The molecule has 1 amide bonds. The van der Waals surface area contributed by atoms with Gasteiger partial charge in [0.15, 0.2) is 5.82 Å². The zero-order chi connectivity index (χ0) is 19.6. The Hall–Kier alpha value is -2.94. The van der Waals surface area contributed by atoms with Gasteiger partial charge >= 0.3 is 5.69 Å². The molecule has 0 atom stereocenters. The summed E-state index contributed by atoms with van der Waals surface area (Å²) in [7, 11) is 0. The number of hydrogen-bond donors (Lipinski definition) is 0. The summed E-state index contributed by atoms with van der Waals surface area (Å²) < 4.78 is 41.1. The smallest absolute Gasteiger partial charge is 0.308 e. The molecule has 1 heterocycles. The quantitative estimate of drug-likeness (QED) is 0.465. The maximum Gasteiger partial charge on any atom is 0.308 e. The van der Waals surface area contributed by atoms with Gasteiger partial charge in [0.2, 0.25) is 11.6 Å². The fourth-order valence-electron chi connectivity index (χ4n) is 3.00. The van der Waals surface area contributed by atoms with E-state index in [4.69, 9.17) is 0 Å². The molecule has 0 aromatic heterocycles. The second kappa shape index (κ2) is 7.75. The van der Waals surface area contributed by atoms with Crippen molar-refractivity contribution in [3.8, 4) is 0 Å². The van der Waals surface area contributed by atoms with E-state index in [1.54, 1.807) is 0 Å². The van der Waals surface area contributed by atoms with Crippen LogP contribution >= 0.6 is 0 Å². The first kappa shape index (κ1) is 18.8. The third-order valence-electron chi connectivity index (χ3n) is 4.46. The minimum absolute atomic E-state index is 0.248. The van der Waals surface area contributed by atoms with Gasteiger partial charge in [0.1, 0.15) is 0 Å². The molecule has 1 saturated heterocycles. The van der Waals surface area contributed by atoms with E-state index in [1.165, 1.54) is 4.90 Å². The molecule has 0 saturated carbocycles. The molecule has 0 radical (unpaired) electrons. The molecule has 142 valence electrons. The summed E-state index contributed by atoms with van der Waals surface area (Å²) in [5, 5.41) is 10.8. The summed E-state index contributed by atoms with van der Waals surface area (Å²) in [6.45, 7) is 2.20. The van der Waals surface area contributed by atoms with Crippen molar-refractivity contribution in [3.05, 3.63) is 75.1 Å². The van der Waals surface area contributed by atoms with E-state index in [-0.39, 0.29) is 13.1 Å². The Kier molecular flexibility index (Phi) is 5.41. The second-order valence-corrected chi connectivity index (χ2v) is 6.20. The third kappa shape index (κ3) is 3.92. The second-order valence-electron chi connectivity index (χ2n) is 6.20. The zero-order valence-electron chi connectivity index (χ0n) is 14.2. The van der Waals surface area contributed by atoms with Crippen molar-refractivity contribution >= 4 is 11.6 Å². The maximum atomic E-state index is 14.0. The zero-order valence-corrected chi connectivity index (χ0v) is 14.2. The van der Waals surface area contributed by atoms with Gasteiger partial charge in [-0.3, -0.25) is 19.8 Å². The number of halogens is 3. The molecule has 3 rings (SSSR count). The topological polar surface area (TPSA) is 66.7 Å². The number of carbonyl (C=O) groups is 1. The van der Waals surface area contributed by atoms with Crippen LogP contribution in [0.3, 0.4) is 0 Å². The minimum Gasteiger partial charge on any atom is -0.336 e. The van der Waals surface area contributed by atoms with E-state index < -0.39 is 39.5 Å². The number of benzene rings is 2. The molecule has 0 bridgehead atoms. The van der Waals surface area contributed by atoms with E-state index >= 15 is 0 Å². The van der Waals surface area contributed by atoms with E-state index in [0.29, 0.717) is 25.7 Å². The standard InChI is InChI=1S/C18H16F3N3O3/c19-15-13(10-14(24(26)27)16(20)17(15)21)18(25)23-8-6-22(7-9-23)11-12-4-2-1-3-5-12/h1-5,10H,6-9,11H2. The van der Waals surface area contributed by atoms with Crippen LogP contribution in [0.5, 0.6) is 0 Å². The molecular weight excluding hydrogens is 363 g/mol. The maximum absolute atomic E-state index is 14.0. The van der Waals surface area contributed by atoms with Crippen LogP contribution in [0.1, 0.15) is 15.9 Å². The Morgan fingerprint density at radius 2 is 1.63 bits per heavy atom. The van der Waals surface area contributed by atoms with Gasteiger partial charge in [-0.25, -0.2) is 8.78 Å². The SMILES string of the molecule is O=C(c1cc([N+](=O)[O-])c(F)c(F)c1F)N1CCN(Cc2ccccc2)CC1. The largest absolute Gasteiger partial charge is 0.336 e. The molecule has 0 spiro atoms. The Morgan fingerprint density at radius 3 is 2.22 bits per heavy atom. The first-order valence-corrected chi connectivity index (χ1v) is 8.26. The Bertz CT molecular complexity index is 869. The normalized spacial score (nSPS) is 15.0. The van der Waals surface area contributed by atoms with Crippen molar-refractivity contribution in [1.29, 1.82) is 0 Å². The summed E-state index contributed by atoms with van der Waals surface area (Å²) in [5.41, 5.74) is -0.989. The molecule has 0 unspecified atom stereocenters. The Morgan fingerprint density at radius 1 is 1.00 bits per heavy atom. The molecule has 1 fully saturated rings. The van der Waals surface area contributed by atoms with E-state index in [1.807, 2.05) is 30.3 Å². The van der Waals surface area contributed by atoms with Crippen LogP contribution in [0.15, 0.2) is 36.4 Å². The Balaban J connectivity index is 1.72. The highest BCUT2D eigenvalue weighted by Gasteiger charge is 2.31. The summed E-state index contributed by atoms with van der Waals surface area (Å²) in [6, 6.07) is 10.2. The molecule has 1 aliphatic rings. The average Bonchev–Trinajstić information content (AvgIpc) is 2.67. The molecule has 9 heteroatoms. The molecular formula is C18H16F3N3O3. The third-order valence-corrected chi connectivity index (χ3v) is 4.46. The van der Waals surface area contributed by atoms with Gasteiger partial charge in [0, 0.05) is 38.8 Å². The monoisotopic (exact) mass is 379 g/mol. The molecule has 27 heavy (non-hydrogen) atoms. The molecule has 2 aromatic rings. The highest BCUT2D eigenvalue weighted by molar-refractivity contribution is 5.95. The molecule has 2 aromatic carbocycles. The van der Waals surface area contributed by atoms with Crippen LogP contribution < -0.4 is 0 Å². The van der Waals surface area contributed by atoms with Crippen LogP contribution in [-0.2, 0) is 6.54 Å². The van der Waals surface area contributed by atoms with Crippen LogP contribution in [-0.4, -0.2) is 46.8 Å². The van der Waals surface area contributed by atoms with Crippen molar-refractivity contribution in [2.45, 2.75) is 6.54 Å². The first-order chi connectivity index (χ1) is 12.9. The predicted octanol–water partition coefficient (Wildman–Crippen LogP) is 2.97. The van der Waals surface area contributed by atoms with Gasteiger partial charge in [-0.2, -0.15) is 4.39 Å². The van der Waals surface area contributed by atoms with Crippen molar-refractivity contribution < 1.29 is 22.9 Å². The lowest BCUT2D eigenvalue weighted by Gasteiger charge is -2.34. The van der Waals surface area contributed by atoms with Gasteiger partial charge in [-0.15, -0.1) is 0 Å². The van der Waals surface area contributed by atoms with Gasteiger partial charge in [-0.1, -0.05) is 30.3 Å². The van der Waals surface area contributed by atoms with Gasteiger partial charge in [-0.05, 0) is 5.56 Å². The van der Waals surface area contributed by atoms with Gasteiger partial charge < -0.3 is 4.90 Å². The Labute approximate surface area is 153 Å². The lowest BCUT2D eigenvalue weighted by molar-refractivity contribution is -0.387. The number of rotatable bonds is 4. The van der Waals surface area contributed by atoms with Crippen LogP contribution in [0.25, 0.3) is 0 Å². The summed E-state index contributed by atoms with van der Waals surface area (Å²) in [6.07, 6.45) is 0. The van der Waals surface area contributed by atoms with E-state index in [9.17, 15) is 28.1 Å². The van der Waals surface area contributed by atoms with Crippen molar-refractivity contribution in [3.63, 3.8) is 0 Å². The lowest BCUT2D eigenvalue weighted by atomic mass is 10.1. The van der Waals surface area contributed by atoms with Gasteiger partial charge in [0.05, 0.1) is 10.5 Å². The molecule has 0 N–H and O–H groups in total. The summed E-state index contributed by atoms with van der Waals surface area (Å²) in [4.78, 5) is 25.5. The highest BCUT2D eigenvalue weighted by Crippen LogP contribution is 2.26. The van der Waals surface area contributed by atoms with Crippen molar-refractivity contribution in [2.24, 2.45) is 0 Å². The number of carbonyl (C=O) groups excluding carboxylic acids is 1. The van der Waals surface area contributed by atoms with Crippen LogP contribution in [0.4, 0.5) is 18.9 Å². The first-order valence-electron chi connectivity index (χ1n) is 8.26. The number of piperazine rings is 1. The highest BCUT2D eigenvalue weighted by atomic mass is 19.2. The van der Waals surface area contributed by atoms with Crippen molar-refractivity contribution in [2.75, 3.05) is 26.2 Å². The summed E-state index contributed by atoms with van der Waals surface area (Å²) in [5.74, 6) is -6.54. The van der Waals surface area contributed by atoms with Crippen molar-refractivity contribution in [1.82, 2.24) is 9.80 Å². The van der Waals surface area contributed by atoms with Crippen LogP contribution in [0.2, 0.25) is 0 Å². The van der Waals surface area contributed by atoms with Crippen LogP contribution in [0, 0.1) is 27.6 Å². The fourth-order valence-corrected chi connectivity index (χ4v) is 3.00. The average molecular weight is 379 g/mol. The number of nitro benzene ring substituents is 1. The fraction of sp³-hybridized carbons (Fsp3) is 0.278. The van der Waals surface area contributed by atoms with E-state index in [2.05, 4.69) is 4.90 Å². The number of nitrogens with zero attached hydrogens (tertiary/aromatic N) is 3. The number of amides is 1. The number of hydrogen-bond acceptors (Lipinski definition) is 4. The van der Waals surface area contributed by atoms with Gasteiger partial charge in [0.25, 0.3) is 5.91 Å².